The van der Waals surface area contributed by atoms with Crippen LogP contribution in [0.2, 0.25) is 0 Å². The summed E-state index contributed by atoms with van der Waals surface area (Å²) in [5.74, 6) is -1.13. The van der Waals surface area contributed by atoms with Gasteiger partial charge in [0.15, 0.2) is 0 Å². The Morgan fingerprint density at radius 1 is 1.13 bits per heavy atom. The first kappa shape index (κ1) is 20.9. The van der Waals surface area contributed by atoms with Crippen molar-refractivity contribution >= 4 is 31.3 Å². The summed E-state index contributed by atoms with van der Waals surface area (Å²) in [5, 5.41) is 18.4. The van der Waals surface area contributed by atoms with Crippen molar-refractivity contribution in [1.29, 1.82) is 5.26 Å². The van der Waals surface area contributed by atoms with Gasteiger partial charge in [-0.15, -0.1) is 0 Å². The highest BCUT2D eigenvalue weighted by molar-refractivity contribution is 7.66. The van der Waals surface area contributed by atoms with Crippen molar-refractivity contribution in [2.24, 2.45) is 5.92 Å². The number of phosphoric ester groups is 1. The molecule has 13 nitrogen and oxygen atoms in total. The van der Waals surface area contributed by atoms with Gasteiger partial charge < -0.3 is 29.4 Å². The molecule has 6 atom stereocenters. The summed E-state index contributed by atoms with van der Waals surface area (Å²) in [7, 11) is -11.1. The number of aliphatic hydroxyl groups excluding tert-OH is 1. The zero-order valence-electron chi connectivity index (χ0n) is 11.0. The van der Waals surface area contributed by atoms with Crippen LogP contribution in [0.3, 0.4) is 0 Å². The highest BCUT2D eigenvalue weighted by atomic mass is 31.3. The molecule has 0 aliphatic carbocycles. The first-order valence-corrected chi connectivity index (χ1v) is 10.1. The summed E-state index contributed by atoms with van der Waals surface area (Å²) < 4.78 is 49.0. The molecule has 3 unspecified atom stereocenters. The van der Waals surface area contributed by atoms with Gasteiger partial charge in [-0.25, -0.2) is 13.7 Å². The standard InChI is InChI=1S/C6H11BNO12P3/c7-6-3(1-8)5(9)4(18-6)2-17-22(13,14)20-23(15,16)19-21(10,11)12/h3-6,9H,2H2,(H,13,14)(H,15,16)(H2,10,11,12)/t3?,4-,5-,6-/m1/s1. The zero-order chi connectivity index (χ0) is 18.1. The van der Waals surface area contributed by atoms with E-state index in [-0.39, 0.29) is 0 Å². The number of nitrogens with zero attached hydrogens (tertiary/aromatic N) is 1. The fraction of sp³-hybridized carbons (Fsp3) is 0.833. The Morgan fingerprint density at radius 2 is 1.70 bits per heavy atom. The first-order chi connectivity index (χ1) is 10.3. The van der Waals surface area contributed by atoms with Crippen LogP contribution in [0.1, 0.15) is 0 Å². The van der Waals surface area contributed by atoms with E-state index in [0.717, 1.165) is 0 Å². The molecule has 1 aliphatic heterocycles. The Morgan fingerprint density at radius 3 is 2.13 bits per heavy atom. The molecule has 0 aromatic rings. The Hall–Kier alpha value is -0.115. The lowest BCUT2D eigenvalue weighted by Crippen LogP contribution is -2.29. The van der Waals surface area contributed by atoms with Crippen LogP contribution in [0.4, 0.5) is 0 Å². The topological polar surface area (TPSA) is 213 Å². The number of hydrogen-bond donors (Lipinski definition) is 5. The molecule has 130 valence electrons. The molecule has 5 N–H and O–H groups in total. The summed E-state index contributed by atoms with van der Waals surface area (Å²) >= 11 is 0. The third-order valence-electron chi connectivity index (χ3n) is 2.40. The maximum Gasteiger partial charge on any atom is 0.490 e. The van der Waals surface area contributed by atoms with Crippen LogP contribution in [-0.2, 0) is 31.6 Å². The molecule has 1 fully saturated rings. The van der Waals surface area contributed by atoms with Crippen molar-refractivity contribution in [3.05, 3.63) is 0 Å². The van der Waals surface area contributed by atoms with Gasteiger partial charge >= 0.3 is 23.5 Å². The molecule has 0 saturated carbocycles. The monoisotopic (exact) mass is 393 g/mol. The summed E-state index contributed by atoms with van der Waals surface area (Å²) in [4.78, 5) is 34.8. The maximum absolute atomic E-state index is 11.4. The largest absolute Gasteiger partial charge is 0.490 e. The molecule has 1 heterocycles. The molecule has 0 amide bonds. The van der Waals surface area contributed by atoms with E-state index in [1.54, 1.807) is 6.07 Å². The number of hydrogen-bond acceptors (Lipinski definition) is 9. The smallest absolute Gasteiger partial charge is 0.389 e. The minimum absolute atomic E-state index is 0.878. The van der Waals surface area contributed by atoms with E-state index in [0.29, 0.717) is 0 Å². The van der Waals surface area contributed by atoms with Gasteiger partial charge in [-0.2, -0.15) is 13.9 Å². The summed E-state index contributed by atoms with van der Waals surface area (Å²) in [6.45, 7) is -0.878. The van der Waals surface area contributed by atoms with E-state index in [2.05, 4.69) is 13.1 Å². The second-order valence-electron chi connectivity index (χ2n) is 4.17. The van der Waals surface area contributed by atoms with E-state index in [4.69, 9.17) is 32.5 Å². The van der Waals surface area contributed by atoms with Gasteiger partial charge in [-0.3, -0.25) is 4.52 Å². The van der Waals surface area contributed by atoms with Crippen LogP contribution in [0.5, 0.6) is 0 Å². The predicted molar refractivity (Wildman–Crippen MR) is 69.3 cm³/mol. The summed E-state index contributed by atoms with van der Waals surface area (Å²) in [6.07, 6.45) is -2.79. The predicted octanol–water partition coefficient (Wildman–Crippen LogP) is -1.28. The van der Waals surface area contributed by atoms with Gasteiger partial charge in [-0.1, -0.05) is 0 Å². The summed E-state index contributed by atoms with van der Waals surface area (Å²) in [6, 6.07) is 0.455. The van der Waals surface area contributed by atoms with Gasteiger partial charge in [-0.05, 0) is 0 Å². The van der Waals surface area contributed by atoms with E-state index in [1.165, 1.54) is 0 Å². The average molecular weight is 393 g/mol. The highest BCUT2D eigenvalue weighted by Crippen LogP contribution is 2.66. The molecule has 1 saturated heterocycles. The molecule has 17 heteroatoms. The van der Waals surface area contributed by atoms with Crippen molar-refractivity contribution < 1.29 is 56.3 Å². The number of ether oxygens (including phenoxy) is 1. The van der Waals surface area contributed by atoms with Crippen molar-refractivity contribution in [3.63, 3.8) is 0 Å². The zero-order valence-corrected chi connectivity index (χ0v) is 13.7. The second-order valence-corrected chi connectivity index (χ2v) is 8.59. The van der Waals surface area contributed by atoms with Crippen molar-refractivity contribution in [1.82, 2.24) is 0 Å². The Kier molecular flexibility index (Phi) is 6.75. The van der Waals surface area contributed by atoms with Crippen LogP contribution in [-0.4, -0.2) is 57.3 Å². The van der Waals surface area contributed by atoms with Crippen LogP contribution >= 0.6 is 23.5 Å². The molecular formula is C6H11BNO12P3. The second kappa shape index (κ2) is 7.41. The van der Waals surface area contributed by atoms with E-state index >= 15 is 0 Å². The molecule has 0 aromatic carbocycles. The van der Waals surface area contributed by atoms with Crippen LogP contribution in [0.25, 0.3) is 0 Å². The maximum atomic E-state index is 11.4. The molecular weight excluding hydrogens is 382 g/mol. The van der Waals surface area contributed by atoms with Crippen LogP contribution < -0.4 is 0 Å². The molecule has 23 heavy (non-hydrogen) atoms. The molecule has 2 radical (unpaired) electrons. The Balaban J connectivity index is 2.63. The third kappa shape index (κ3) is 6.72. The quantitative estimate of drug-likeness (QED) is 0.252. The average Bonchev–Trinajstić information content (AvgIpc) is 2.56. The molecule has 0 bridgehead atoms. The SMILES string of the molecule is [B][C@@H]1O[C@H](COP(=O)(O)OP(=O)(O)OP(=O)(O)O)[C@H](O)C1C#N. The molecule has 1 rings (SSSR count). The van der Waals surface area contributed by atoms with E-state index in [9.17, 15) is 23.7 Å². The summed E-state index contributed by atoms with van der Waals surface area (Å²) in [5.41, 5.74) is 0. The van der Waals surface area contributed by atoms with Crippen molar-refractivity contribution in [2.75, 3.05) is 6.61 Å². The normalized spacial score (nSPS) is 33.6. The lowest BCUT2D eigenvalue weighted by atomic mass is 9.86. The third-order valence-corrected chi connectivity index (χ3v) is 6.20. The fourth-order valence-electron chi connectivity index (χ4n) is 1.55. The van der Waals surface area contributed by atoms with E-state index in [1.807, 2.05) is 0 Å². The van der Waals surface area contributed by atoms with Crippen LogP contribution in [0.15, 0.2) is 0 Å². The van der Waals surface area contributed by atoms with Gasteiger partial charge in [0.05, 0.1) is 24.7 Å². The lowest BCUT2D eigenvalue weighted by Gasteiger charge is -2.19. The fourth-order valence-corrected chi connectivity index (χ4v) is 4.58. The first-order valence-electron chi connectivity index (χ1n) is 5.53. The minimum atomic E-state index is -5.62. The Bertz CT molecular complexity index is 614. The van der Waals surface area contributed by atoms with Gasteiger partial charge in [0.1, 0.15) is 14.0 Å². The minimum Gasteiger partial charge on any atom is -0.389 e. The highest BCUT2D eigenvalue weighted by Gasteiger charge is 2.44. The number of aliphatic hydroxyl groups is 1. The number of phosphoric acid groups is 3. The van der Waals surface area contributed by atoms with Crippen molar-refractivity contribution in [3.8, 4) is 6.07 Å². The van der Waals surface area contributed by atoms with Gasteiger partial charge in [0.2, 0.25) is 0 Å². The number of rotatable bonds is 7. The molecule has 0 aromatic heterocycles. The van der Waals surface area contributed by atoms with Gasteiger partial charge in [0, 0.05) is 6.00 Å². The molecule has 0 spiro atoms. The number of nitriles is 1. The van der Waals surface area contributed by atoms with Crippen molar-refractivity contribution in [2.45, 2.75) is 18.2 Å². The lowest BCUT2D eigenvalue weighted by molar-refractivity contribution is -0.00466. The van der Waals surface area contributed by atoms with Gasteiger partial charge in [0.25, 0.3) is 0 Å². The van der Waals surface area contributed by atoms with E-state index < -0.39 is 54.2 Å². The molecule has 1 aliphatic rings. The Labute approximate surface area is 130 Å². The van der Waals surface area contributed by atoms with Crippen LogP contribution in [0, 0.1) is 17.2 Å².